The number of fused-ring (bicyclic) bond motifs is 1. The lowest BCUT2D eigenvalue weighted by molar-refractivity contribution is -0.116. The van der Waals surface area contributed by atoms with Crippen LogP contribution in [-0.4, -0.2) is 33.5 Å². The SMILES string of the molecule is CCCOC(=O)c1ccc(NC(=O)Cn2nnc3ccccc32)cc1. The zero-order chi connectivity index (χ0) is 17.6. The molecule has 0 fully saturated rings. The second-order valence-corrected chi connectivity index (χ2v) is 5.50. The Labute approximate surface area is 144 Å². The molecule has 7 heteroatoms. The van der Waals surface area contributed by atoms with Gasteiger partial charge in [-0.15, -0.1) is 5.10 Å². The van der Waals surface area contributed by atoms with Gasteiger partial charge in [0.2, 0.25) is 5.91 Å². The number of esters is 1. The fourth-order valence-electron chi connectivity index (χ4n) is 2.34. The molecule has 2 aromatic carbocycles. The quantitative estimate of drug-likeness (QED) is 0.698. The van der Waals surface area contributed by atoms with E-state index in [0.717, 1.165) is 17.5 Å². The number of aromatic nitrogens is 3. The topological polar surface area (TPSA) is 86.1 Å². The van der Waals surface area contributed by atoms with Crippen LogP contribution in [0.3, 0.4) is 0 Å². The summed E-state index contributed by atoms with van der Waals surface area (Å²) >= 11 is 0. The first-order valence-corrected chi connectivity index (χ1v) is 8.02. The third-order valence-electron chi connectivity index (χ3n) is 3.56. The normalized spacial score (nSPS) is 10.6. The van der Waals surface area contributed by atoms with Crippen LogP contribution in [-0.2, 0) is 16.1 Å². The Bertz CT molecular complexity index is 887. The molecule has 3 aromatic rings. The maximum atomic E-state index is 12.2. The van der Waals surface area contributed by atoms with Gasteiger partial charge in [0.05, 0.1) is 17.7 Å². The molecule has 25 heavy (non-hydrogen) atoms. The van der Waals surface area contributed by atoms with Crippen LogP contribution in [0.25, 0.3) is 11.0 Å². The van der Waals surface area contributed by atoms with Crippen molar-refractivity contribution in [3.05, 3.63) is 54.1 Å². The molecular weight excluding hydrogens is 320 g/mol. The summed E-state index contributed by atoms with van der Waals surface area (Å²) in [6.07, 6.45) is 0.775. The molecule has 1 heterocycles. The van der Waals surface area contributed by atoms with Crippen molar-refractivity contribution in [2.45, 2.75) is 19.9 Å². The third kappa shape index (κ3) is 4.00. The van der Waals surface area contributed by atoms with Gasteiger partial charge in [0, 0.05) is 5.69 Å². The second-order valence-electron chi connectivity index (χ2n) is 5.50. The lowest BCUT2D eigenvalue weighted by Gasteiger charge is -2.07. The van der Waals surface area contributed by atoms with Crippen molar-refractivity contribution >= 4 is 28.6 Å². The van der Waals surface area contributed by atoms with Crippen LogP contribution in [0.2, 0.25) is 0 Å². The van der Waals surface area contributed by atoms with Gasteiger partial charge in [0.25, 0.3) is 0 Å². The fourth-order valence-corrected chi connectivity index (χ4v) is 2.34. The number of rotatable bonds is 6. The van der Waals surface area contributed by atoms with Crippen LogP contribution in [0.4, 0.5) is 5.69 Å². The van der Waals surface area contributed by atoms with Crippen molar-refractivity contribution in [1.29, 1.82) is 0 Å². The number of carbonyl (C=O) groups is 2. The number of hydrogen-bond donors (Lipinski definition) is 1. The summed E-state index contributed by atoms with van der Waals surface area (Å²) in [6, 6.07) is 14.0. The van der Waals surface area contributed by atoms with Gasteiger partial charge >= 0.3 is 5.97 Å². The van der Waals surface area contributed by atoms with Crippen LogP contribution in [0.15, 0.2) is 48.5 Å². The zero-order valence-electron chi connectivity index (χ0n) is 13.8. The highest BCUT2D eigenvalue weighted by Crippen LogP contribution is 2.12. The van der Waals surface area contributed by atoms with E-state index in [1.54, 1.807) is 28.9 Å². The van der Waals surface area contributed by atoms with E-state index in [2.05, 4.69) is 15.6 Å². The molecule has 128 valence electrons. The van der Waals surface area contributed by atoms with E-state index in [1.807, 2.05) is 31.2 Å². The maximum absolute atomic E-state index is 12.2. The van der Waals surface area contributed by atoms with Gasteiger partial charge in [-0.1, -0.05) is 24.3 Å². The molecule has 0 saturated carbocycles. The number of nitrogens with zero attached hydrogens (tertiary/aromatic N) is 3. The Morgan fingerprint density at radius 2 is 1.88 bits per heavy atom. The monoisotopic (exact) mass is 338 g/mol. The van der Waals surface area contributed by atoms with E-state index in [1.165, 1.54) is 0 Å². The third-order valence-corrected chi connectivity index (χ3v) is 3.56. The summed E-state index contributed by atoms with van der Waals surface area (Å²) in [5.74, 6) is -0.592. The molecule has 0 spiro atoms. The lowest BCUT2D eigenvalue weighted by atomic mass is 10.2. The smallest absolute Gasteiger partial charge is 0.338 e. The summed E-state index contributed by atoms with van der Waals surface area (Å²) in [6.45, 7) is 2.38. The maximum Gasteiger partial charge on any atom is 0.338 e. The average Bonchev–Trinajstić information content (AvgIpc) is 3.03. The summed E-state index contributed by atoms with van der Waals surface area (Å²) in [5.41, 5.74) is 2.59. The largest absolute Gasteiger partial charge is 0.462 e. The number of benzene rings is 2. The molecule has 0 atom stereocenters. The summed E-state index contributed by atoms with van der Waals surface area (Å²) in [7, 11) is 0. The molecule has 0 aliphatic carbocycles. The Kier molecular flexibility index (Phi) is 5.03. The van der Waals surface area contributed by atoms with Crippen LogP contribution in [0, 0.1) is 0 Å². The minimum Gasteiger partial charge on any atom is -0.462 e. The minimum atomic E-state index is -0.367. The molecule has 0 radical (unpaired) electrons. The van der Waals surface area contributed by atoms with Gasteiger partial charge < -0.3 is 10.1 Å². The standard InChI is InChI=1S/C18H18N4O3/c1-2-11-25-18(24)13-7-9-14(10-8-13)19-17(23)12-22-16-6-4-3-5-15(16)20-21-22/h3-10H,2,11-12H2,1H3,(H,19,23). The molecule has 0 aliphatic heterocycles. The first-order valence-electron chi connectivity index (χ1n) is 8.02. The van der Waals surface area contributed by atoms with Crippen molar-refractivity contribution in [3.8, 4) is 0 Å². The molecule has 0 unspecified atom stereocenters. The highest BCUT2D eigenvalue weighted by molar-refractivity contribution is 5.93. The summed E-state index contributed by atoms with van der Waals surface area (Å²) in [4.78, 5) is 23.9. The molecule has 0 bridgehead atoms. The van der Waals surface area contributed by atoms with Crippen molar-refractivity contribution in [2.75, 3.05) is 11.9 Å². The van der Waals surface area contributed by atoms with Gasteiger partial charge in [0.1, 0.15) is 12.1 Å². The number of anilines is 1. The first-order chi connectivity index (χ1) is 12.2. The van der Waals surface area contributed by atoms with Crippen molar-refractivity contribution in [1.82, 2.24) is 15.0 Å². The molecule has 7 nitrogen and oxygen atoms in total. The zero-order valence-corrected chi connectivity index (χ0v) is 13.8. The van der Waals surface area contributed by atoms with Crippen LogP contribution < -0.4 is 5.32 Å². The Morgan fingerprint density at radius 1 is 1.12 bits per heavy atom. The van der Waals surface area contributed by atoms with Crippen molar-refractivity contribution in [3.63, 3.8) is 0 Å². The number of hydrogen-bond acceptors (Lipinski definition) is 5. The molecule has 3 rings (SSSR count). The van der Waals surface area contributed by atoms with E-state index < -0.39 is 0 Å². The number of nitrogens with one attached hydrogen (secondary N) is 1. The first kappa shape index (κ1) is 16.6. The van der Waals surface area contributed by atoms with E-state index in [-0.39, 0.29) is 18.4 Å². The molecule has 1 N–H and O–H groups in total. The van der Waals surface area contributed by atoms with Crippen molar-refractivity contribution < 1.29 is 14.3 Å². The lowest BCUT2D eigenvalue weighted by Crippen LogP contribution is -2.19. The number of para-hydroxylation sites is 1. The Morgan fingerprint density at radius 3 is 2.64 bits per heavy atom. The Balaban J connectivity index is 1.62. The highest BCUT2D eigenvalue weighted by atomic mass is 16.5. The molecule has 1 aromatic heterocycles. The van der Waals surface area contributed by atoms with Crippen LogP contribution in [0.5, 0.6) is 0 Å². The predicted molar refractivity (Wildman–Crippen MR) is 93.2 cm³/mol. The molecule has 1 amide bonds. The average molecular weight is 338 g/mol. The van der Waals surface area contributed by atoms with Crippen LogP contribution >= 0.6 is 0 Å². The highest BCUT2D eigenvalue weighted by Gasteiger charge is 2.10. The van der Waals surface area contributed by atoms with E-state index in [9.17, 15) is 9.59 Å². The summed E-state index contributed by atoms with van der Waals surface area (Å²) < 4.78 is 6.61. The fraction of sp³-hybridized carbons (Fsp3) is 0.222. The van der Waals surface area contributed by atoms with E-state index in [4.69, 9.17) is 4.74 Å². The molecule has 0 aliphatic rings. The minimum absolute atomic E-state index is 0.0564. The summed E-state index contributed by atoms with van der Waals surface area (Å²) in [5, 5.41) is 10.8. The van der Waals surface area contributed by atoms with E-state index >= 15 is 0 Å². The van der Waals surface area contributed by atoms with Crippen molar-refractivity contribution in [2.24, 2.45) is 0 Å². The number of carbonyl (C=O) groups excluding carboxylic acids is 2. The molecular formula is C18H18N4O3. The van der Waals surface area contributed by atoms with E-state index in [0.29, 0.717) is 17.9 Å². The van der Waals surface area contributed by atoms with Gasteiger partial charge in [-0.2, -0.15) is 0 Å². The van der Waals surface area contributed by atoms with Gasteiger partial charge in [-0.05, 0) is 42.8 Å². The number of ether oxygens (including phenoxy) is 1. The Hall–Kier alpha value is -3.22. The second kappa shape index (κ2) is 7.57. The van der Waals surface area contributed by atoms with Crippen LogP contribution in [0.1, 0.15) is 23.7 Å². The predicted octanol–water partition coefficient (Wildman–Crippen LogP) is 2.64. The number of amides is 1. The molecule has 0 saturated heterocycles. The van der Waals surface area contributed by atoms with Gasteiger partial charge in [-0.3, -0.25) is 4.79 Å². The van der Waals surface area contributed by atoms with Gasteiger partial charge in [-0.25, -0.2) is 9.48 Å². The van der Waals surface area contributed by atoms with Gasteiger partial charge in [0.15, 0.2) is 0 Å².